The molecule has 1 aromatic rings. The SMILES string of the molecule is CC(C)(C)[Si](C)(C)OCc1cc(Br)ccc1N. The quantitative estimate of drug-likeness (QED) is 0.656. The lowest BCUT2D eigenvalue weighted by atomic mass is 10.2. The summed E-state index contributed by atoms with van der Waals surface area (Å²) in [5, 5.41) is 0.230. The van der Waals surface area contributed by atoms with Gasteiger partial charge in [0, 0.05) is 15.7 Å². The van der Waals surface area contributed by atoms with Crippen molar-refractivity contribution >= 4 is 29.9 Å². The Hall–Kier alpha value is -0.323. The third kappa shape index (κ3) is 3.83. The molecule has 0 heterocycles. The van der Waals surface area contributed by atoms with Gasteiger partial charge in [0.25, 0.3) is 0 Å². The van der Waals surface area contributed by atoms with Gasteiger partial charge in [0.05, 0.1) is 6.61 Å². The molecule has 2 N–H and O–H groups in total. The smallest absolute Gasteiger partial charge is 0.192 e. The highest BCUT2D eigenvalue weighted by Crippen LogP contribution is 2.37. The van der Waals surface area contributed by atoms with Crippen molar-refractivity contribution < 1.29 is 4.43 Å². The first-order chi connectivity index (χ1) is 7.63. The van der Waals surface area contributed by atoms with Gasteiger partial charge < -0.3 is 10.2 Å². The van der Waals surface area contributed by atoms with Gasteiger partial charge >= 0.3 is 0 Å². The maximum atomic E-state index is 6.15. The topological polar surface area (TPSA) is 35.2 Å². The van der Waals surface area contributed by atoms with E-state index in [1.54, 1.807) is 0 Å². The second-order valence-electron chi connectivity index (χ2n) is 5.89. The van der Waals surface area contributed by atoms with Crippen molar-refractivity contribution in [3.05, 3.63) is 28.2 Å². The molecule has 1 aromatic carbocycles. The van der Waals surface area contributed by atoms with Crippen LogP contribution in [0.5, 0.6) is 0 Å². The standard InChI is InChI=1S/C13H22BrNOSi/c1-13(2,3)17(4,5)16-9-10-8-11(14)6-7-12(10)15/h6-8H,9,15H2,1-5H3. The predicted molar refractivity (Wildman–Crippen MR) is 80.5 cm³/mol. The second-order valence-corrected chi connectivity index (χ2v) is 11.6. The van der Waals surface area contributed by atoms with E-state index in [1.165, 1.54) is 0 Å². The van der Waals surface area contributed by atoms with Gasteiger partial charge in [0.2, 0.25) is 0 Å². The van der Waals surface area contributed by atoms with Crippen LogP contribution in [0.15, 0.2) is 22.7 Å². The highest BCUT2D eigenvalue weighted by molar-refractivity contribution is 9.10. The van der Waals surface area contributed by atoms with Crippen molar-refractivity contribution in [2.24, 2.45) is 0 Å². The molecule has 2 nitrogen and oxygen atoms in total. The molecule has 0 unspecified atom stereocenters. The molecule has 96 valence electrons. The van der Waals surface area contributed by atoms with Crippen molar-refractivity contribution in [3.8, 4) is 0 Å². The summed E-state index contributed by atoms with van der Waals surface area (Å²) in [7, 11) is -1.70. The Kier molecular flexibility index (Phi) is 4.44. The van der Waals surface area contributed by atoms with Crippen LogP contribution in [0.25, 0.3) is 0 Å². The van der Waals surface area contributed by atoms with Gasteiger partial charge in [-0.25, -0.2) is 0 Å². The molecule has 0 spiro atoms. The zero-order valence-corrected chi connectivity index (χ0v) is 13.9. The number of halogens is 1. The molecule has 0 aromatic heterocycles. The van der Waals surface area contributed by atoms with E-state index in [2.05, 4.69) is 49.8 Å². The number of nitrogens with two attached hydrogens (primary N) is 1. The molecule has 0 aliphatic rings. The molecule has 0 aliphatic heterocycles. The highest BCUT2D eigenvalue weighted by atomic mass is 79.9. The fourth-order valence-corrected chi connectivity index (χ4v) is 2.53. The van der Waals surface area contributed by atoms with Crippen LogP contribution in [-0.4, -0.2) is 8.32 Å². The summed E-state index contributed by atoms with van der Waals surface area (Å²) in [5.41, 5.74) is 7.80. The number of hydrogen-bond acceptors (Lipinski definition) is 2. The van der Waals surface area contributed by atoms with E-state index in [-0.39, 0.29) is 5.04 Å². The summed E-state index contributed by atoms with van der Waals surface area (Å²) in [6, 6.07) is 5.89. The maximum Gasteiger partial charge on any atom is 0.192 e. The van der Waals surface area contributed by atoms with Crippen LogP contribution in [0.2, 0.25) is 18.1 Å². The van der Waals surface area contributed by atoms with Gasteiger partial charge in [-0.05, 0) is 36.3 Å². The Morgan fingerprint density at radius 3 is 2.41 bits per heavy atom. The normalized spacial score (nSPS) is 12.8. The van der Waals surface area contributed by atoms with Crippen LogP contribution < -0.4 is 5.73 Å². The first-order valence-electron chi connectivity index (χ1n) is 5.81. The van der Waals surface area contributed by atoms with Crippen molar-refractivity contribution in [3.63, 3.8) is 0 Å². The van der Waals surface area contributed by atoms with E-state index in [0.29, 0.717) is 6.61 Å². The zero-order chi connectivity index (χ0) is 13.3. The first kappa shape index (κ1) is 14.7. The van der Waals surface area contributed by atoms with E-state index >= 15 is 0 Å². The summed E-state index contributed by atoms with van der Waals surface area (Å²) in [6.45, 7) is 11.8. The van der Waals surface area contributed by atoms with Crippen molar-refractivity contribution in [2.75, 3.05) is 5.73 Å². The summed E-state index contributed by atoms with van der Waals surface area (Å²) < 4.78 is 7.20. The van der Waals surface area contributed by atoms with E-state index < -0.39 is 8.32 Å². The minimum Gasteiger partial charge on any atom is -0.412 e. The largest absolute Gasteiger partial charge is 0.412 e. The highest BCUT2D eigenvalue weighted by Gasteiger charge is 2.37. The molecule has 0 amide bonds. The average molecular weight is 316 g/mol. The lowest BCUT2D eigenvalue weighted by Crippen LogP contribution is -2.40. The molecule has 0 radical (unpaired) electrons. The van der Waals surface area contributed by atoms with Crippen LogP contribution >= 0.6 is 15.9 Å². The predicted octanol–water partition coefficient (Wildman–Crippen LogP) is 4.55. The van der Waals surface area contributed by atoms with Crippen LogP contribution in [-0.2, 0) is 11.0 Å². The Morgan fingerprint density at radius 1 is 1.29 bits per heavy atom. The van der Waals surface area contributed by atoms with E-state index in [1.807, 2.05) is 18.2 Å². The third-order valence-corrected chi connectivity index (χ3v) is 8.47. The average Bonchev–Trinajstić information content (AvgIpc) is 2.18. The Morgan fingerprint density at radius 2 is 1.88 bits per heavy atom. The zero-order valence-electron chi connectivity index (χ0n) is 11.3. The van der Waals surface area contributed by atoms with Crippen LogP contribution in [0.1, 0.15) is 26.3 Å². The summed E-state index contributed by atoms with van der Waals surface area (Å²) in [5.74, 6) is 0. The van der Waals surface area contributed by atoms with E-state index in [0.717, 1.165) is 15.7 Å². The number of hydrogen-bond donors (Lipinski definition) is 1. The van der Waals surface area contributed by atoms with Gasteiger partial charge in [-0.2, -0.15) is 0 Å². The van der Waals surface area contributed by atoms with Gasteiger partial charge in [-0.3, -0.25) is 0 Å². The molecular weight excluding hydrogens is 294 g/mol. The van der Waals surface area contributed by atoms with E-state index in [9.17, 15) is 0 Å². The van der Waals surface area contributed by atoms with Gasteiger partial charge in [-0.1, -0.05) is 36.7 Å². The Labute approximate surface area is 114 Å². The van der Waals surface area contributed by atoms with E-state index in [4.69, 9.17) is 10.2 Å². The third-order valence-electron chi connectivity index (χ3n) is 3.50. The monoisotopic (exact) mass is 315 g/mol. The molecule has 0 atom stereocenters. The number of anilines is 1. The Balaban J connectivity index is 2.77. The maximum absolute atomic E-state index is 6.15. The first-order valence-corrected chi connectivity index (χ1v) is 9.51. The molecule has 4 heteroatoms. The van der Waals surface area contributed by atoms with Crippen molar-refractivity contribution in [2.45, 2.75) is 45.5 Å². The van der Waals surface area contributed by atoms with Crippen molar-refractivity contribution in [1.82, 2.24) is 0 Å². The van der Waals surface area contributed by atoms with Crippen molar-refractivity contribution in [1.29, 1.82) is 0 Å². The lowest BCUT2D eigenvalue weighted by molar-refractivity contribution is 0.277. The minimum atomic E-state index is -1.70. The number of nitrogen functional groups attached to an aromatic ring is 1. The van der Waals surface area contributed by atoms with Gasteiger partial charge in [0.15, 0.2) is 8.32 Å². The van der Waals surface area contributed by atoms with Crippen LogP contribution in [0.3, 0.4) is 0 Å². The number of benzene rings is 1. The summed E-state index contributed by atoms with van der Waals surface area (Å²) in [4.78, 5) is 0. The van der Waals surface area contributed by atoms with Crippen LogP contribution in [0, 0.1) is 0 Å². The summed E-state index contributed by atoms with van der Waals surface area (Å²) in [6.07, 6.45) is 0. The molecule has 0 saturated carbocycles. The molecule has 0 fully saturated rings. The van der Waals surface area contributed by atoms with Gasteiger partial charge in [0.1, 0.15) is 0 Å². The minimum absolute atomic E-state index is 0.230. The lowest BCUT2D eigenvalue weighted by Gasteiger charge is -2.36. The molecule has 17 heavy (non-hydrogen) atoms. The Bertz CT molecular complexity index is 399. The fourth-order valence-electron chi connectivity index (χ4n) is 1.17. The fraction of sp³-hybridized carbons (Fsp3) is 0.538. The second kappa shape index (κ2) is 5.12. The number of rotatable bonds is 3. The summed E-state index contributed by atoms with van der Waals surface area (Å²) >= 11 is 3.46. The molecule has 0 bridgehead atoms. The van der Waals surface area contributed by atoms with Gasteiger partial charge in [-0.15, -0.1) is 0 Å². The molecule has 0 saturated heterocycles. The molecule has 0 aliphatic carbocycles. The molecular formula is C13H22BrNOSi. The van der Waals surface area contributed by atoms with Crippen LogP contribution in [0.4, 0.5) is 5.69 Å². The molecule has 1 rings (SSSR count).